The molecule has 0 saturated carbocycles. The molecule has 1 atom stereocenters. The van der Waals surface area contributed by atoms with Crippen molar-refractivity contribution in [2.45, 2.75) is 26.3 Å². The number of rotatable bonds is 4. The lowest BCUT2D eigenvalue weighted by atomic mass is 10.1. The Hall–Kier alpha value is -1.87. The molecule has 0 aliphatic heterocycles. The Morgan fingerprint density at radius 1 is 1.16 bits per heavy atom. The molecule has 0 spiro atoms. The number of hydrogen-bond acceptors (Lipinski definition) is 2. The Balaban J connectivity index is 2.15. The second-order valence-corrected chi connectivity index (χ2v) is 4.86. The molecule has 0 bridgehead atoms. The molecular formula is C16H18FNO. The van der Waals surface area contributed by atoms with E-state index in [0.29, 0.717) is 12.2 Å². The van der Waals surface area contributed by atoms with E-state index in [4.69, 9.17) is 10.5 Å². The molecule has 0 radical (unpaired) electrons. The molecule has 19 heavy (non-hydrogen) atoms. The molecule has 0 saturated heterocycles. The van der Waals surface area contributed by atoms with Crippen LogP contribution in [0.3, 0.4) is 0 Å². The second kappa shape index (κ2) is 5.85. The first kappa shape index (κ1) is 13.6. The summed E-state index contributed by atoms with van der Waals surface area (Å²) in [5, 5.41) is 0. The third-order valence-electron chi connectivity index (χ3n) is 2.80. The maximum atomic E-state index is 13.9. The van der Waals surface area contributed by atoms with Gasteiger partial charge >= 0.3 is 0 Å². The van der Waals surface area contributed by atoms with Crippen LogP contribution in [0.4, 0.5) is 4.39 Å². The van der Waals surface area contributed by atoms with Crippen molar-refractivity contribution in [1.29, 1.82) is 0 Å². The summed E-state index contributed by atoms with van der Waals surface area (Å²) in [4.78, 5) is 0. The largest absolute Gasteiger partial charge is 0.454 e. The first-order valence-corrected chi connectivity index (χ1v) is 6.33. The van der Waals surface area contributed by atoms with Gasteiger partial charge in [-0.15, -0.1) is 0 Å². The van der Waals surface area contributed by atoms with E-state index < -0.39 is 0 Å². The number of ether oxygens (including phenoxy) is 1. The fourth-order valence-electron chi connectivity index (χ4n) is 1.86. The van der Waals surface area contributed by atoms with Gasteiger partial charge in [-0.25, -0.2) is 4.39 Å². The van der Waals surface area contributed by atoms with Gasteiger partial charge in [0.25, 0.3) is 0 Å². The van der Waals surface area contributed by atoms with Gasteiger partial charge in [0, 0.05) is 6.04 Å². The molecule has 1 unspecified atom stereocenters. The van der Waals surface area contributed by atoms with Gasteiger partial charge in [-0.2, -0.15) is 0 Å². The highest BCUT2D eigenvalue weighted by Crippen LogP contribution is 2.25. The van der Waals surface area contributed by atoms with Gasteiger partial charge in [0.05, 0.1) is 0 Å². The van der Waals surface area contributed by atoms with E-state index in [0.717, 1.165) is 11.1 Å². The lowest BCUT2D eigenvalue weighted by molar-refractivity contribution is 0.441. The van der Waals surface area contributed by atoms with Gasteiger partial charge in [-0.05, 0) is 50.1 Å². The Bertz CT molecular complexity index is 549. The molecule has 0 fully saturated rings. The second-order valence-electron chi connectivity index (χ2n) is 4.86. The van der Waals surface area contributed by atoms with Crippen molar-refractivity contribution in [3.63, 3.8) is 0 Å². The molecule has 2 rings (SSSR count). The smallest absolute Gasteiger partial charge is 0.165 e. The van der Waals surface area contributed by atoms with Crippen LogP contribution in [0.1, 0.15) is 18.1 Å². The standard InChI is InChI=1S/C16H18FNO/c1-11-3-6-14(7-4-11)19-16-8-5-13(9-12(2)18)10-15(16)17/h3-8,10,12H,9,18H2,1-2H3. The number of hydrogen-bond donors (Lipinski definition) is 1. The van der Waals surface area contributed by atoms with Gasteiger partial charge < -0.3 is 10.5 Å². The Morgan fingerprint density at radius 3 is 2.42 bits per heavy atom. The van der Waals surface area contributed by atoms with Crippen LogP contribution in [-0.4, -0.2) is 6.04 Å². The van der Waals surface area contributed by atoms with Gasteiger partial charge in [-0.1, -0.05) is 23.8 Å². The van der Waals surface area contributed by atoms with Crippen LogP contribution in [0.2, 0.25) is 0 Å². The van der Waals surface area contributed by atoms with E-state index in [1.54, 1.807) is 6.07 Å². The summed E-state index contributed by atoms with van der Waals surface area (Å²) in [6.45, 7) is 3.89. The van der Waals surface area contributed by atoms with Crippen LogP contribution in [-0.2, 0) is 6.42 Å². The maximum absolute atomic E-state index is 13.9. The fraction of sp³-hybridized carbons (Fsp3) is 0.250. The topological polar surface area (TPSA) is 35.2 Å². The lowest BCUT2D eigenvalue weighted by Crippen LogP contribution is -2.17. The van der Waals surface area contributed by atoms with E-state index in [1.807, 2.05) is 44.2 Å². The highest BCUT2D eigenvalue weighted by atomic mass is 19.1. The molecular weight excluding hydrogens is 241 g/mol. The summed E-state index contributed by atoms with van der Waals surface area (Å²) >= 11 is 0. The minimum Gasteiger partial charge on any atom is -0.454 e. The fourth-order valence-corrected chi connectivity index (χ4v) is 1.86. The highest BCUT2D eigenvalue weighted by molar-refractivity contribution is 5.35. The SMILES string of the molecule is Cc1ccc(Oc2ccc(CC(C)N)cc2F)cc1. The van der Waals surface area contributed by atoms with Crippen LogP contribution in [0.15, 0.2) is 42.5 Å². The van der Waals surface area contributed by atoms with E-state index in [9.17, 15) is 4.39 Å². The normalized spacial score (nSPS) is 12.2. The molecule has 0 aromatic heterocycles. The molecule has 0 amide bonds. The maximum Gasteiger partial charge on any atom is 0.165 e. The summed E-state index contributed by atoms with van der Waals surface area (Å²) in [6, 6.07) is 12.5. The molecule has 2 nitrogen and oxygen atoms in total. The third kappa shape index (κ3) is 3.80. The van der Waals surface area contributed by atoms with E-state index in [1.165, 1.54) is 6.07 Å². The predicted octanol–water partition coefficient (Wildman–Crippen LogP) is 3.82. The van der Waals surface area contributed by atoms with Gasteiger partial charge in [-0.3, -0.25) is 0 Å². The molecule has 0 aliphatic carbocycles. The molecule has 3 heteroatoms. The number of halogens is 1. The zero-order chi connectivity index (χ0) is 13.8. The van der Waals surface area contributed by atoms with Crippen molar-refractivity contribution in [2.24, 2.45) is 5.73 Å². The zero-order valence-corrected chi connectivity index (χ0v) is 11.2. The van der Waals surface area contributed by atoms with Crippen LogP contribution >= 0.6 is 0 Å². The zero-order valence-electron chi connectivity index (χ0n) is 11.2. The van der Waals surface area contributed by atoms with Gasteiger partial charge in [0.15, 0.2) is 11.6 Å². The van der Waals surface area contributed by atoms with Crippen molar-refractivity contribution in [3.05, 3.63) is 59.4 Å². The van der Waals surface area contributed by atoms with E-state index in [2.05, 4.69) is 0 Å². The van der Waals surface area contributed by atoms with Crippen molar-refractivity contribution in [1.82, 2.24) is 0 Å². The minimum absolute atomic E-state index is 0.0169. The van der Waals surface area contributed by atoms with Crippen molar-refractivity contribution >= 4 is 0 Å². The number of nitrogens with two attached hydrogens (primary N) is 1. The van der Waals surface area contributed by atoms with Crippen molar-refractivity contribution < 1.29 is 9.13 Å². The Kier molecular flexibility index (Phi) is 4.17. The summed E-state index contributed by atoms with van der Waals surface area (Å²) in [6.07, 6.45) is 0.654. The van der Waals surface area contributed by atoms with Gasteiger partial charge in [0.1, 0.15) is 5.75 Å². The number of aryl methyl sites for hydroxylation is 1. The van der Waals surface area contributed by atoms with E-state index in [-0.39, 0.29) is 17.6 Å². The lowest BCUT2D eigenvalue weighted by Gasteiger charge is -2.10. The first-order valence-electron chi connectivity index (χ1n) is 6.33. The molecule has 2 aromatic rings. The summed E-state index contributed by atoms with van der Waals surface area (Å²) < 4.78 is 19.4. The molecule has 0 heterocycles. The van der Waals surface area contributed by atoms with Crippen molar-refractivity contribution in [2.75, 3.05) is 0 Å². The average molecular weight is 259 g/mol. The van der Waals surface area contributed by atoms with Gasteiger partial charge in [0.2, 0.25) is 0 Å². The van der Waals surface area contributed by atoms with Crippen LogP contribution in [0.25, 0.3) is 0 Å². The molecule has 2 aromatic carbocycles. The highest BCUT2D eigenvalue weighted by Gasteiger charge is 2.07. The minimum atomic E-state index is -0.362. The third-order valence-corrected chi connectivity index (χ3v) is 2.80. The first-order chi connectivity index (χ1) is 9.04. The Labute approximate surface area is 113 Å². The van der Waals surface area contributed by atoms with Crippen LogP contribution in [0.5, 0.6) is 11.5 Å². The summed E-state index contributed by atoms with van der Waals surface area (Å²) in [5.74, 6) is 0.500. The predicted molar refractivity (Wildman–Crippen MR) is 75.0 cm³/mol. The van der Waals surface area contributed by atoms with E-state index >= 15 is 0 Å². The number of benzene rings is 2. The molecule has 2 N–H and O–H groups in total. The Morgan fingerprint density at radius 2 is 1.84 bits per heavy atom. The molecule has 100 valence electrons. The summed E-state index contributed by atoms with van der Waals surface area (Å²) in [5.41, 5.74) is 7.71. The monoisotopic (exact) mass is 259 g/mol. The van der Waals surface area contributed by atoms with Crippen LogP contribution in [0, 0.1) is 12.7 Å². The summed E-state index contributed by atoms with van der Waals surface area (Å²) in [7, 11) is 0. The van der Waals surface area contributed by atoms with Crippen LogP contribution < -0.4 is 10.5 Å². The quantitative estimate of drug-likeness (QED) is 0.906. The van der Waals surface area contributed by atoms with Crippen molar-refractivity contribution in [3.8, 4) is 11.5 Å². The molecule has 0 aliphatic rings. The average Bonchev–Trinajstić information content (AvgIpc) is 2.34.